The molecule has 1 atom stereocenters. The first-order valence-corrected chi connectivity index (χ1v) is 8.58. The number of carbonyl (C=O) groups is 3. The van der Waals surface area contributed by atoms with Gasteiger partial charge >= 0.3 is 5.97 Å². The molecule has 0 bridgehead atoms. The van der Waals surface area contributed by atoms with Gasteiger partial charge in [0, 0.05) is 12.1 Å². The van der Waals surface area contributed by atoms with Crippen LogP contribution in [0, 0.1) is 13.8 Å². The van der Waals surface area contributed by atoms with Crippen molar-refractivity contribution in [2.24, 2.45) is 15.2 Å². The lowest BCUT2D eigenvalue weighted by Crippen LogP contribution is -2.22. The Balaban J connectivity index is 1.84. The normalized spacial score (nSPS) is 16.5. The first-order chi connectivity index (χ1) is 11.8. The maximum absolute atomic E-state index is 12.0. The van der Waals surface area contributed by atoms with Crippen molar-refractivity contribution in [1.82, 2.24) is 0 Å². The van der Waals surface area contributed by atoms with Gasteiger partial charge in [0.2, 0.25) is 11.1 Å². The van der Waals surface area contributed by atoms with Crippen LogP contribution in [-0.4, -0.2) is 39.9 Å². The molecular weight excluding hydrogens is 344 g/mol. The van der Waals surface area contributed by atoms with Gasteiger partial charge in [-0.05, 0) is 43.5 Å². The zero-order valence-corrected chi connectivity index (χ0v) is 14.7. The van der Waals surface area contributed by atoms with Gasteiger partial charge in [-0.3, -0.25) is 14.4 Å². The van der Waals surface area contributed by atoms with Crippen LogP contribution in [0.1, 0.15) is 24.0 Å². The molecule has 1 unspecified atom stereocenters. The molecule has 0 radical (unpaired) electrons. The molecule has 0 spiro atoms. The van der Waals surface area contributed by atoms with E-state index in [1.165, 1.54) is 0 Å². The number of amides is 2. The number of nitrogens with one attached hydrogen (secondary N) is 1. The number of carbonyl (C=O) groups excluding carboxylic acids is 2. The highest BCUT2D eigenvalue weighted by molar-refractivity contribution is 8.14. The molecule has 132 valence electrons. The van der Waals surface area contributed by atoms with E-state index in [0.29, 0.717) is 5.69 Å². The number of rotatable bonds is 6. The third kappa shape index (κ3) is 6.11. The van der Waals surface area contributed by atoms with E-state index in [-0.39, 0.29) is 29.7 Å². The van der Waals surface area contributed by atoms with Crippen molar-refractivity contribution in [3.63, 3.8) is 0 Å². The molecule has 2 N–H and O–H groups in total. The zero-order chi connectivity index (χ0) is 18.4. The van der Waals surface area contributed by atoms with Gasteiger partial charge in [0.25, 0.3) is 5.91 Å². The van der Waals surface area contributed by atoms with Crippen LogP contribution in [-0.2, 0) is 14.4 Å². The summed E-state index contributed by atoms with van der Waals surface area (Å²) in [6, 6.07) is 4.88. The molecule has 2 rings (SSSR count). The third-order valence-electron chi connectivity index (χ3n) is 3.24. The van der Waals surface area contributed by atoms with Crippen LogP contribution in [0.25, 0.3) is 0 Å². The summed E-state index contributed by atoms with van der Waals surface area (Å²) >= 11 is 1.00. The number of aliphatic imine (C=N–C) groups is 1. The first-order valence-electron chi connectivity index (χ1n) is 7.59. The van der Waals surface area contributed by atoms with E-state index >= 15 is 0 Å². The van der Waals surface area contributed by atoms with Crippen molar-refractivity contribution in [2.45, 2.75) is 32.7 Å². The molecule has 1 aliphatic rings. The highest BCUT2D eigenvalue weighted by Gasteiger charge is 2.23. The van der Waals surface area contributed by atoms with Crippen molar-refractivity contribution in [1.29, 1.82) is 0 Å². The summed E-state index contributed by atoms with van der Waals surface area (Å²) in [6.07, 6.45) is -0.113. The quantitative estimate of drug-likeness (QED) is 0.805. The molecule has 1 aromatic rings. The Morgan fingerprint density at radius 3 is 2.52 bits per heavy atom. The topological polar surface area (TPSA) is 121 Å². The van der Waals surface area contributed by atoms with Crippen molar-refractivity contribution in [3.05, 3.63) is 29.3 Å². The summed E-state index contributed by atoms with van der Waals surface area (Å²) in [7, 11) is 0. The van der Waals surface area contributed by atoms with Gasteiger partial charge in [-0.1, -0.05) is 17.8 Å². The number of nitrogens with zero attached hydrogens (tertiary/aromatic N) is 3. The molecule has 2 amide bonds. The van der Waals surface area contributed by atoms with Crippen LogP contribution >= 0.6 is 11.8 Å². The van der Waals surface area contributed by atoms with Crippen molar-refractivity contribution in [2.75, 3.05) is 11.1 Å². The molecular formula is C16H18N4O4S. The number of benzene rings is 1. The minimum Gasteiger partial charge on any atom is -0.481 e. The van der Waals surface area contributed by atoms with Gasteiger partial charge in [0.05, 0.1) is 5.75 Å². The molecule has 8 nitrogen and oxygen atoms in total. The predicted molar refractivity (Wildman–Crippen MR) is 95.0 cm³/mol. The van der Waals surface area contributed by atoms with Crippen LogP contribution in [0.2, 0.25) is 0 Å². The first kappa shape index (κ1) is 18.8. The fourth-order valence-corrected chi connectivity index (χ4v) is 2.83. The lowest BCUT2D eigenvalue weighted by atomic mass is 10.1. The molecule has 0 fully saturated rings. The van der Waals surface area contributed by atoms with Gasteiger partial charge in [-0.15, -0.1) is 5.11 Å². The highest BCUT2D eigenvalue weighted by Crippen LogP contribution is 2.18. The monoisotopic (exact) mass is 362 g/mol. The van der Waals surface area contributed by atoms with Crippen LogP contribution in [0.5, 0.6) is 0 Å². The van der Waals surface area contributed by atoms with E-state index in [2.05, 4.69) is 20.5 Å². The fourth-order valence-electron chi connectivity index (χ4n) is 2.24. The fraction of sp³-hybridized carbons (Fsp3) is 0.375. The third-order valence-corrected chi connectivity index (χ3v) is 4.08. The number of hydrogen-bond acceptors (Lipinski definition) is 6. The molecule has 9 heteroatoms. The van der Waals surface area contributed by atoms with E-state index in [0.717, 1.165) is 22.9 Å². The highest BCUT2D eigenvalue weighted by atomic mass is 32.2. The smallest absolute Gasteiger partial charge is 0.303 e. The lowest BCUT2D eigenvalue weighted by Gasteiger charge is -2.11. The van der Waals surface area contributed by atoms with Crippen molar-refractivity contribution < 1.29 is 19.5 Å². The molecule has 1 aromatic carbocycles. The van der Waals surface area contributed by atoms with Gasteiger partial charge in [0.15, 0.2) is 6.04 Å². The Bertz CT molecular complexity index is 740. The average molecular weight is 362 g/mol. The Morgan fingerprint density at radius 1 is 1.24 bits per heavy atom. The molecule has 1 aliphatic heterocycles. The summed E-state index contributed by atoms with van der Waals surface area (Å²) in [6.45, 7) is 3.89. The maximum Gasteiger partial charge on any atom is 0.303 e. The number of carboxylic acid groups (broad SMARTS) is 1. The van der Waals surface area contributed by atoms with Gasteiger partial charge in [0.1, 0.15) is 0 Å². The number of carboxylic acids is 1. The maximum atomic E-state index is 12.0. The Morgan fingerprint density at radius 2 is 1.92 bits per heavy atom. The average Bonchev–Trinajstić information content (AvgIpc) is 2.50. The van der Waals surface area contributed by atoms with Gasteiger partial charge in [-0.25, -0.2) is 0 Å². The molecule has 0 aliphatic carbocycles. The summed E-state index contributed by atoms with van der Waals surface area (Å²) in [4.78, 5) is 38.0. The van der Waals surface area contributed by atoms with Gasteiger partial charge < -0.3 is 10.4 Å². The van der Waals surface area contributed by atoms with E-state index in [1.807, 2.05) is 32.0 Å². The molecule has 1 heterocycles. The van der Waals surface area contributed by atoms with Crippen LogP contribution in [0.15, 0.2) is 33.4 Å². The van der Waals surface area contributed by atoms with E-state index in [9.17, 15) is 14.4 Å². The number of azo groups is 1. The summed E-state index contributed by atoms with van der Waals surface area (Å²) in [5.74, 6) is -1.74. The van der Waals surface area contributed by atoms with E-state index in [1.54, 1.807) is 0 Å². The zero-order valence-electron chi connectivity index (χ0n) is 13.9. The number of aryl methyl sites for hydroxylation is 2. The van der Waals surface area contributed by atoms with E-state index in [4.69, 9.17) is 5.11 Å². The van der Waals surface area contributed by atoms with Crippen molar-refractivity contribution >= 4 is 40.4 Å². The second-order valence-corrected chi connectivity index (χ2v) is 6.55. The molecule has 0 saturated carbocycles. The summed E-state index contributed by atoms with van der Waals surface area (Å²) in [5, 5.41) is 19.1. The minimum atomic E-state index is -1.00. The number of thioether (sulfide) groups is 1. The lowest BCUT2D eigenvalue weighted by molar-refractivity contribution is -0.137. The number of anilines is 1. The molecule has 0 saturated heterocycles. The SMILES string of the molecule is Cc1cc(C)cc(NC(=O)CSC2=NC(=O)C(CCC(=O)O)N=N2)c1. The number of amidine groups is 1. The van der Waals surface area contributed by atoms with E-state index < -0.39 is 17.9 Å². The Labute approximate surface area is 148 Å². The van der Waals surface area contributed by atoms with Crippen molar-refractivity contribution in [3.8, 4) is 0 Å². The van der Waals surface area contributed by atoms with Crippen LogP contribution < -0.4 is 5.32 Å². The second-order valence-electron chi connectivity index (χ2n) is 5.61. The second kappa shape index (κ2) is 8.52. The summed E-state index contributed by atoms with van der Waals surface area (Å²) < 4.78 is 0. The standard InChI is InChI=1S/C16H18N4O4S/c1-9-5-10(2)7-11(6-9)17-13(21)8-25-16-18-15(24)12(19-20-16)3-4-14(22)23/h5-7,12H,3-4,8H2,1-2H3,(H,17,21)(H,22,23). The number of hydrogen-bond donors (Lipinski definition) is 2. The van der Waals surface area contributed by atoms with Crippen LogP contribution in [0.4, 0.5) is 5.69 Å². The molecule has 25 heavy (non-hydrogen) atoms. The van der Waals surface area contributed by atoms with Gasteiger partial charge in [-0.2, -0.15) is 10.1 Å². The largest absolute Gasteiger partial charge is 0.481 e. The summed E-state index contributed by atoms with van der Waals surface area (Å²) in [5.41, 5.74) is 2.80. The number of aliphatic carboxylic acids is 1. The molecule has 0 aromatic heterocycles. The van der Waals surface area contributed by atoms with Crippen LogP contribution in [0.3, 0.4) is 0 Å². The minimum absolute atomic E-state index is 0.0396. The predicted octanol–water partition coefficient (Wildman–Crippen LogP) is 2.56. The Hall–Kier alpha value is -2.55. The Kier molecular flexibility index (Phi) is 6.40.